The number of nitrogens with two attached hydrogens (primary N) is 1. The lowest BCUT2D eigenvalue weighted by molar-refractivity contribution is 0.537. The highest BCUT2D eigenvalue weighted by molar-refractivity contribution is 7.89. The van der Waals surface area contributed by atoms with Gasteiger partial charge >= 0.3 is 0 Å². The minimum atomic E-state index is -3.47. The quantitative estimate of drug-likeness (QED) is 0.485. The molecule has 0 unspecified atom stereocenters. The summed E-state index contributed by atoms with van der Waals surface area (Å²) >= 11 is 0. The van der Waals surface area contributed by atoms with Crippen LogP contribution in [0.1, 0.15) is 38.8 Å². The Balaban J connectivity index is 2.74. The van der Waals surface area contributed by atoms with E-state index in [-0.39, 0.29) is 17.7 Å². The van der Waals surface area contributed by atoms with Crippen molar-refractivity contribution >= 4 is 16.0 Å². The summed E-state index contributed by atoms with van der Waals surface area (Å²) in [7, 11) is -3.47. The van der Waals surface area contributed by atoms with E-state index in [1.807, 2.05) is 6.92 Å². The van der Waals surface area contributed by atoms with Crippen LogP contribution in [0.3, 0.4) is 0 Å². The lowest BCUT2D eigenvalue weighted by Gasteiger charge is -2.24. The number of nitrogens with zero attached hydrogens (tertiary/aromatic N) is 1. The van der Waals surface area contributed by atoms with Gasteiger partial charge in [-0.15, -0.1) is 0 Å². The molecule has 0 aliphatic heterocycles. The van der Waals surface area contributed by atoms with Crippen molar-refractivity contribution in [3.8, 4) is 0 Å². The molecule has 24 heavy (non-hydrogen) atoms. The Morgan fingerprint density at radius 2 is 1.79 bits per heavy atom. The summed E-state index contributed by atoms with van der Waals surface area (Å²) in [4.78, 5) is 4.58. The molecule has 7 heteroatoms. The number of aliphatic imine (C=N–C) groups is 1. The molecule has 1 aromatic carbocycles. The van der Waals surface area contributed by atoms with Crippen LogP contribution in [-0.4, -0.2) is 39.8 Å². The molecule has 1 rings (SSSR count). The second-order valence-electron chi connectivity index (χ2n) is 6.42. The summed E-state index contributed by atoms with van der Waals surface area (Å²) < 4.78 is 22.0. The monoisotopic (exact) mass is 354 g/mol. The Hall–Kier alpha value is -1.60. The van der Waals surface area contributed by atoms with Crippen LogP contribution in [-0.2, 0) is 21.9 Å². The summed E-state index contributed by atoms with van der Waals surface area (Å²) in [5.41, 5.74) is 2.43. The normalized spacial score (nSPS) is 13.0. The first-order valence-corrected chi connectivity index (χ1v) is 10.0. The molecule has 1 aromatic rings. The van der Waals surface area contributed by atoms with E-state index >= 15 is 0 Å². The van der Waals surface area contributed by atoms with E-state index in [1.165, 1.54) is 11.1 Å². The summed E-state index contributed by atoms with van der Waals surface area (Å²) in [6, 6.07) is 8.60. The second-order valence-corrected chi connectivity index (χ2v) is 8.16. The molecule has 0 bridgehead atoms. The lowest BCUT2D eigenvalue weighted by Crippen LogP contribution is -2.41. The number of benzene rings is 1. The van der Waals surface area contributed by atoms with E-state index < -0.39 is 10.0 Å². The van der Waals surface area contributed by atoms with Gasteiger partial charge in [0.1, 0.15) is 0 Å². The molecule has 0 amide bonds. The number of sulfonamides is 1. The van der Waals surface area contributed by atoms with Gasteiger partial charge in [-0.25, -0.2) is 13.6 Å². The van der Waals surface area contributed by atoms with E-state index in [9.17, 15) is 8.42 Å². The van der Waals surface area contributed by atoms with Gasteiger partial charge in [0.15, 0.2) is 5.96 Å². The Morgan fingerprint density at radius 1 is 1.17 bits per heavy atom. The van der Waals surface area contributed by atoms with Crippen molar-refractivity contribution in [2.24, 2.45) is 10.1 Å². The topological polar surface area (TPSA) is 96.6 Å². The van der Waals surface area contributed by atoms with Gasteiger partial charge in [-0.1, -0.05) is 45.0 Å². The molecule has 0 atom stereocenters. The van der Waals surface area contributed by atoms with Gasteiger partial charge in [0.25, 0.3) is 0 Å². The first kappa shape index (κ1) is 20.4. The lowest BCUT2D eigenvalue weighted by atomic mass is 9.84. The predicted molar refractivity (Wildman–Crippen MR) is 101 cm³/mol. The fourth-order valence-electron chi connectivity index (χ4n) is 2.21. The zero-order valence-electron chi connectivity index (χ0n) is 15.1. The molecule has 4 N–H and O–H groups in total. The molecule has 0 saturated heterocycles. The Bertz CT molecular complexity index is 637. The smallest absolute Gasteiger partial charge is 0.210 e. The zero-order valence-corrected chi connectivity index (χ0v) is 15.9. The first-order valence-electron chi connectivity index (χ1n) is 8.30. The average molecular weight is 355 g/mol. The maximum Gasteiger partial charge on any atom is 0.210 e. The zero-order chi connectivity index (χ0) is 18.2. The highest BCUT2D eigenvalue weighted by Crippen LogP contribution is 2.24. The van der Waals surface area contributed by atoms with Crippen LogP contribution >= 0.6 is 0 Å². The molecule has 0 fully saturated rings. The average Bonchev–Trinajstić information content (AvgIpc) is 2.51. The number of aryl methyl sites for hydroxylation is 1. The molecule has 0 spiro atoms. The van der Waals surface area contributed by atoms with Gasteiger partial charge in [-0.2, -0.15) is 0 Å². The van der Waals surface area contributed by atoms with Crippen LogP contribution in [0, 0.1) is 0 Å². The Kier molecular flexibility index (Phi) is 7.69. The third-order valence-corrected chi connectivity index (χ3v) is 4.57. The molecule has 136 valence electrons. The highest BCUT2D eigenvalue weighted by Gasteiger charge is 2.20. The third kappa shape index (κ3) is 7.31. The van der Waals surface area contributed by atoms with Crippen LogP contribution in [0.2, 0.25) is 0 Å². The number of primary sulfonamides is 1. The fraction of sp³-hybridized carbons (Fsp3) is 0.588. The Labute approximate surface area is 146 Å². The van der Waals surface area contributed by atoms with Gasteiger partial charge in [-0.05, 0) is 24.5 Å². The second kappa shape index (κ2) is 9.03. The van der Waals surface area contributed by atoms with Crippen LogP contribution in [0.5, 0.6) is 0 Å². The van der Waals surface area contributed by atoms with Crippen molar-refractivity contribution < 1.29 is 8.42 Å². The van der Waals surface area contributed by atoms with Gasteiger partial charge < -0.3 is 10.6 Å². The molecule has 0 saturated carbocycles. The van der Waals surface area contributed by atoms with Gasteiger partial charge in [0, 0.05) is 18.5 Å². The SMILES string of the molecule is CCNC(=NCC(C)(C)c1ccc(CC)cc1)NCCS(N)(=O)=O. The predicted octanol–water partition coefficient (Wildman–Crippen LogP) is 1.37. The largest absolute Gasteiger partial charge is 0.357 e. The van der Waals surface area contributed by atoms with E-state index in [4.69, 9.17) is 5.14 Å². The van der Waals surface area contributed by atoms with E-state index in [0.29, 0.717) is 19.0 Å². The van der Waals surface area contributed by atoms with E-state index in [1.54, 1.807) is 0 Å². The third-order valence-electron chi connectivity index (χ3n) is 3.80. The van der Waals surface area contributed by atoms with Crippen LogP contribution < -0.4 is 15.8 Å². The maximum atomic E-state index is 11.0. The standard InChI is InChI=1S/C17H30N4O2S/c1-5-14-7-9-15(10-8-14)17(3,4)13-21-16(19-6-2)20-11-12-24(18,22)23/h7-10H,5-6,11-13H2,1-4H3,(H2,18,22,23)(H2,19,20,21). The van der Waals surface area contributed by atoms with Gasteiger partial charge in [0.2, 0.25) is 10.0 Å². The van der Waals surface area contributed by atoms with E-state index in [0.717, 1.165) is 6.42 Å². The number of hydrogen-bond donors (Lipinski definition) is 3. The molecule has 0 aliphatic carbocycles. The van der Waals surface area contributed by atoms with Crippen LogP contribution in [0.4, 0.5) is 0 Å². The first-order chi connectivity index (χ1) is 11.2. The summed E-state index contributed by atoms with van der Waals surface area (Å²) in [5, 5.41) is 11.1. The molecule has 0 aliphatic rings. The summed E-state index contributed by atoms with van der Waals surface area (Å²) in [5.74, 6) is 0.471. The molecule has 0 aromatic heterocycles. The molecule has 6 nitrogen and oxygen atoms in total. The van der Waals surface area contributed by atoms with Crippen LogP contribution in [0.15, 0.2) is 29.3 Å². The minimum Gasteiger partial charge on any atom is -0.357 e. The van der Waals surface area contributed by atoms with Crippen molar-refractivity contribution in [2.45, 2.75) is 39.5 Å². The maximum absolute atomic E-state index is 11.0. The summed E-state index contributed by atoms with van der Waals surface area (Å²) in [6.45, 7) is 9.91. The number of nitrogens with one attached hydrogen (secondary N) is 2. The molecular formula is C17H30N4O2S. The molecule has 0 radical (unpaired) electrons. The number of hydrogen-bond acceptors (Lipinski definition) is 3. The molecular weight excluding hydrogens is 324 g/mol. The van der Waals surface area contributed by atoms with Crippen molar-refractivity contribution in [1.29, 1.82) is 0 Å². The number of rotatable bonds is 8. The minimum absolute atomic E-state index is 0.117. The molecule has 0 heterocycles. The van der Waals surface area contributed by atoms with Crippen molar-refractivity contribution in [2.75, 3.05) is 25.4 Å². The van der Waals surface area contributed by atoms with Crippen molar-refractivity contribution in [1.82, 2.24) is 10.6 Å². The van der Waals surface area contributed by atoms with Gasteiger partial charge in [-0.3, -0.25) is 4.99 Å². The number of guanidine groups is 1. The van der Waals surface area contributed by atoms with E-state index in [2.05, 4.69) is 60.7 Å². The summed E-state index contributed by atoms with van der Waals surface area (Å²) in [6.07, 6.45) is 1.03. The van der Waals surface area contributed by atoms with Crippen LogP contribution in [0.25, 0.3) is 0 Å². The van der Waals surface area contributed by atoms with Gasteiger partial charge in [0.05, 0.1) is 12.3 Å². The highest BCUT2D eigenvalue weighted by atomic mass is 32.2. The Morgan fingerprint density at radius 3 is 2.29 bits per heavy atom. The van der Waals surface area contributed by atoms with Crippen molar-refractivity contribution in [3.63, 3.8) is 0 Å². The van der Waals surface area contributed by atoms with Crippen molar-refractivity contribution in [3.05, 3.63) is 35.4 Å². The fourth-order valence-corrected chi connectivity index (χ4v) is 2.60.